The highest BCUT2D eigenvalue weighted by Crippen LogP contribution is 2.26. The zero-order valence-electron chi connectivity index (χ0n) is 14.4. The van der Waals surface area contributed by atoms with Gasteiger partial charge < -0.3 is 19.6 Å². The summed E-state index contributed by atoms with van der Waals surface area (Å²) >= 11 is 0. The van der Waals surface area contributed by atoms with E-state index in [-0.39, 0.29) is 35.1 Å². The number of anilines is 3. The van der Waals surface area contributed by atoms with Gasteiger partial charge in [0, 0.05) is 7.05 Å². The van der Waals surface area contributed by atoms with Crippen molar-refractivity contribution in [2.75, 3.05) is 17.7 Å². The van der Waals surface area contributed by atoms with E-state index in [1.165, 1.54) is 11.0 Å². The van der Waals surface area contributed by atoms with Gasteiger partial charge in [-0.15, -0.1) is 0 Å². The lowest BCUT2D eigenvalue weighted by molar-refractivity contribution is 0.413. The monoisotopic (exact) mass is 367 g/mol. The Hall–Kier alpha value is -3.82. The SMILES string of the molecule is Cc1ccc(-c2nc(-c3nc(N)nc(N(C)c4ccccc4F)n3)no2)o1. The van der Waals surface area contributed by atoms with Crippen molar-refractivity contribution in [3.05, 3.63) is 48.0 Å². The van der Waals surface area contributed by atoms with Gasteiger partial charge in [0.05, 0.1) is 5.69 Å². The molecule has 0 saturated heterocycles. The topological polar surface area (TPSA) is 120 Å². The second-order valence-electron chi connectivity index (χ2n) is 5.66. The Bertz CT molecular complexity index is 1110. The van der Waals surface area contributed by atoms with Gasteiger partial charge in [0.25, 0.3) is 5.89 Å². The summed E-state index contributed by atoms with van der Waals surface area (Å²) in [7, 11) is 1.62. The molecule has 4 rings (SSSR count). The van der Waals surface area contributed by atoms with Crippen molar-refractivity contribution in [1.29, 1.82) is 0 Å². The average molecular weight is 367 g/mol. The van der Waals surface area contributed by atoms with Crippen LogP contribution in [0.2, 0.25) is 0 Å². The van der Waals surface area contributed by atoms with Crippen LogP contribution in [0, 0.1) is 12.7 Å². The van der Waals surface area contributed by atoms with Crippen molar-refractivity contribution in [3.8, 4) is 23.3 Å². The number of halogens is 1. The van der Waals surface area contributed by atoms with Gasteiger partial charge in [0.2, 0.25) is 23.5 Å². The predicted octanol–water partition coefficient (Wildman–Crippen LogP) is 2.98. The summed E-state index contributed by atoms with van der Waals surface area (Å²) < 4.78 is 24.7. The maximum absolute atomic E-state index is 14.0. The van der Waals surface area contributed by atoms with Crippen LogP contribution in [-0.4, -0.2) is 32.1 Å². The Labute approximate surface area is 152 Å². The van der Waals surface area contributed by atoms with Crippen LogP contribution in [-0.2, 0) is 0 Å². The van der Waals surface area contributed by atoms with Gasteiger partial charge >= 0.3 is 0 Å². The second kappa shape index (κ2) is 6.48. The molecule has 10 heteroatoms. The number of nitrogens with zero attached hydrogens (tertiary/aromatic N) is 6. The molecular formula is C17H14FN7O2. The highest BCUT2D eigenvalue weighted by molar-refractivity contribution is 5.60. The van der Waals surface area contributed by atoms with Crippen LogP contribution in [0.3, 0.4) is 0 Å². The van der Waals surface area contributed by atoms with E-state index in [9.17, 15) is 4.39 Å². The fourth-order valence-electron chi connectivity index (χ4n) is 2.43. The van der Waals surface area contributed by atoms with Crippen LogP contribution < -0.4 is 10.6 Å². The molecule has 3 aromatic heterocycles. The second-order valence-corrected chi connectivity index (χ2v) is 5.66. The quantitative estimate of drug-likeness (QED) is 0.580. The number of furan rings is 1. The maximum Gasteiger partial charge on any atom is 0.294 e. The molecule has 0 spiro atoms. The lowest BCUT2D eigenvalue weighted by Gasteiger charge is -2.17. The van der Waals surface area contributed by atoms with E-state index < -0.39 is 5.82 Å². The number of hydrogen-bond donors (Lipinski definition) is 1. The normalized spacial score (nSPS) is 10.9. The Balaban J connectivity index is 1.71. The number of hydrogen-bond acceptors (Lipinski definition) is 9. The van der Waals surface area contributed by atoms with E-state index in [4.69, 9.17) is 14.7 Å². The zero-order chi connectivity index (χ0) is 19.0. The van der Waals surface area contributed by atoms with Crippen molar-refractivity contribution in [3.63, 3.8) is 0 Å². The number of aromatic nitrogens is 5. The summed E-state index contributed by atoms with van der Waals surface area (Å²) in [6, 6.07) is 9.73. The Morgan fingerprint density at radius 1 is 1.00 bits per heavy atom. The van der Waals surface area contributed by atoms with Crippen LogP contribution in [0.15, 0.2) is 45.3 Å². The first-order valence-corrected chi connectivity index (χ1v) is 7.92. The third-order valence-electron chi connectivity index (χ3n) is 3.73. The summed E-state index contributed by atoms with van der Waals surface area (Å²) in [5.41, 5.74) is 6.07. The van der Waals surface area contributed by atoms with E-state index in [1.54, 1.807) is 44.3 Å². The van der Waals surface area contributed by atoms with Crippen molar-refractivity contribution in [1.82, 2.24) is 25.1 Å². The molecule has 0 atom stereocenters. The molecule has 0 bridgehead atoms. The number of nitrogens with two attached hydrogens (primary N) is 1. The van der Waals surface area contributed by atoms with Crippen LogP contribution in [0.4, 0.5) is 22.0 Å². The van der Waals surface area contributed by atoms with Gasteiger partial charge in [-0.1, -0.05) is 17.3 Å². The average Bonchev–Trinajstić information content (AvgIpc) is 3.30. The van der Waals surface area contributed by atoms with E-state index in [0.717, 1.165) is 0 Å². The molecule has 0 aliphatic heterocycles. The predicted molar refractivity (Wildman–Crippen MR) is 94.4 cm³/mol. The van der Waals surface area contributed by atoms with Gasteiger partial charge in [-0.2, -0.15) is 19.9 Å². The van der Waals surface area contributed by atoms with Crippen LogP contribution >= 0.6 is 0 Å². The van der Waals surface area contributed by atoms with Crippen LogP contribution in [0.25, 0.3) is 23.3 Å². The van der Waals surface area contributed by atoms with Crippen molar-refractivity contribution in [2.24, 2.45) is 0 Å². The van der Waals surface area contributed by atoms with Crippen molar-refractivity contribution < 1.29 is 13.3 Å². The van der Waals surface area contributed by atoms with E-state index in [0.29, 0.717) is 11.5 Å². The van der Waals surface area contributed by atoms with Gasteiger partial charge in [0.1, 0.15) is 11.6 Å². The third kappa shape index (κ3) is 3.19. The summed E-state index contributed by atoms with van der Waals surface area (Å²) in [5, 5.41) is 3.86. The molecule has 0 aliphatic carbocycles. The minimum atomic E-state index is -0.421. The Morgan fingerprint density at radius 2 is 1.81 bits per heavy atom. The number of para-hydroxylation sites is 1. The zero-order valence-corrected chi connectivity index (χ0v) is 14.4. The first-order chi connectivity index (χ1) is 13.0. The molecule has 0 saturated carbocycles. The molecule has 27 heavy (non-hydrogen) atoms. The molecule has 0 amide bonds. The van der Waals surface area contributed by atoms with Gasteiger partial charge in [-0.05, 0) is 31.2 Å². The van der Waals surface area contributed by atoms with Crippen LogP contribution in [0.5, 0.6) is 0 Å². The van der Waals surface area contributed by atoms with E-state index in [2.05, 4.69) is 25.1 Å². The highest BCUT2D eigenvalue weighted by Gasteiger charge is 2.19. The Morgan fingerprint density at radius 3 is 2.56 bits per heavy atom. The Kier molecular flexibility index (Phi) is 3.99. The van der Waals surface area contributed by atoms with Gasteiger partial charge in [-0.3, -0.25) is 0 Å². The molecule has 0 unspecified atom stereocenters. The fraction of sp³-hybridized carbons (Fsp3) is 0.118. The summed E-state index contributed by atoms with van der Waals surface area (Å²) in [5.74, 6) is 1.19. The van der Waals surface area contributed by atoms with E-state index in [1.807, 2.05) is 0 Å². The molecule has 136 valence electrons. The highest BCUT2D eigenvalue weighted by atomic mass is 19.1. The molecule has 0 radical (unpaired) electrons. The third-order valence-corrected chi connectivity index (χ3v) is 3.73. The van der Waals surface area contributed by atoms with Gasteiger partial charge in [-0.25, -0.2) is 4.39 Å². The number of aryl methyl sites for hydroxylation is 1. The smallest absolute Gasteiger partial charge is 0.294 e. The summed E-state index contributed by atoms with van der Waals surface area (Å²) in [6.07, 6.45) is 0. The fourth-order valence-corrected chi connectivity index (χ4v) is 2.43. The minimum absolute atomic E-state index is 0.0571. The molecule has 0 aliphatic rings. The minimum Gasteiger partial charge on any atom is -0.456 e. The standard InChI is InChI=1S/C17H14FN7O2/c1-9-7-8-12(26-9)15-20-14(24-27-15)13-21-16(19)23-17(22-13)25(2)11-6-4-3-5-10(11)18/h3-8H,1-2H3,(H2,19,21,22,23). The molecule has 4 aromatic rings. The van der Waals surface area contributed by atoms with Gasteiger partial charge in [0.15, 0.2) is 5.76 Å². The van der Waals surface area contributed by atoms with Crippen molar-refractivity contribution >= 4 is 17.6 Å². The largest absolute Gasteiger partial charge is 0.456 e. The van der Waals surface area contributed by atoms with Crippen LogP contribution in [0.1, 0.15) is 5.76 Å². The molecule has 9 nitrogen and oxygen atoms in total. The lowest BCUT2D eigenvalue weighted by Crippen LogP contribution is -2.16. The molecule has 3 heterocycles. The lowest BCUT2D eigenvalue weighted by atomic mass is 10.3. The first kappa shape index (κ1) is 16.6. The molecule has 1 aromatic carbocycles. The first-order valence-electron chi connectivity index (χ1n) is 7.92. The number of rotatable bonds is 4. The number of nitrogen functional groups attached to an aromatic ring is 1. The molecule has 2 N–H and O–H groups in total. The number of benzene rings is 1. The summed E-state index contributed by atoms with van der Waals surface area (Å²) in [6.45, 7) is 1.80. The van der Waals surface area contributed by atoms with E-state index >= 15 is 0 Å². The summed E-state index contributed by atoms with van der Waals surface area (Å²) in [4.78, 5) is 18.0. The molecular weight excluding hydrogens is 353 g/mol. The maximum atomic E-state index is 14.0. The van der Waals surface area contributed by atoms with Crippen molar-refractivity contribution in [2.45, 2.75) is 6.92 Å². The molecule has 0 fully saturated rings.